The molecular formula is C13H17ClO3. The van der Waals surface area contributed by atoms with Gasteiger partial charge in [0.05, 0.1) is 0 Å². The molecule has 0 heterocycles. The van der Waals surface area contributed by atoms with Crippen LogP contribution in [0.2, 0.25) is 5.02 Å². The molecule has 0 saturated heterocycles. The smallest absolute Gasteiger partial charge is 0.311 e. The van der Waals surface area contributed by atoms with Crippen molar-refractivity contribution in [2.24, 2.45) is 0 Å². The molecule has 0 saturated carbocycles. The molecular weight excluding hydrogens is 240 g/mol. The van der Waals surface area contributed by atoms with E-state index < -0.39 is 0 Å². The molecule has 0 radical (unpaired) electrons. The summed E-state index contributed by atoms with van der Waals surface area (Å²) in [6.45, 7) is 5.04. The maximum atomic E-state index is 11.5. The van der Waals surface area contributed by atoms with Gasteiger partial charge in [0, 0.05) is 24.7 Å². The fourth-order valence-electron chi connectivity index (χ4n) is 1.36. The van der Waals surface area contributed by atoms with Crippen LogP contribution in [0.3, 0.4) is 0 Å². The SMILES string of the molecule is CCOCCCC(=O)Oc1ccc(Cl)cc1C. The lowest BCUT2D eigenvalue weighted by Crippen LogP contribution is -2.09. The Bertz CT molecular complexity index is 377. The van der Waals surface area contributed by atoms with Gasteiger partial charge in [-0.1, -0.05) is 11.6 Å². The van der Waals surface area contributed by atoms with Crippen molar-refractivity contribution in [1.29, 1.82) is 0 Å². The highest BCUT2D eigenvalue weighted by Gasteiger charge is 2.07. The Labute approximate surface area is 107 Å². The zero-order valence-corrected chi connectivity index (χ0v) is 10.9. The highest BCUT2D eigenvalue weighted by molar-refractivity contribution is 6.30. The summed E-state index contributed by atoms with van der Waals surface area (Å²) in [4.78, 5) is 11.5. The molecule has 1 aromatic rings. The standard InChI is InChI=1S/C13H17ClO3/c1-3-16-8-4-5-13(15)17-12-7-6-11(14)9-10(12)2/h6-7,9H,3-5,8H2,1-2H3. The van der Waals surface area contributed by atoms with E-state index in [1.165, 1.54) is 0 Å². The van der Waals surface area contributed by atoms with Crippen LogP contribution in [-0.4, -0.2) is 19.2 Å². The molecule has 0 spiro atoms. The van der Waals surface area contributed by atoms with Gasteiger partial charge in [0.25, 0.3) is 0 Å². The molecule has 94 valence electrons. The maximum absolute atomic E-state index is 11.5. The third-order valence-electron chi connectivity index (χ3n) is 2.23. The summed E-state index contributed by atoms with van der Waals surface area (Å²) in [6, 6.07) is 5.18. The highest BCUT2D eigenvalue weighted by atomic mass is 35.5. The molecule has 0 bridgehead atoms. The van der Waals surface area contributed by atoms with E-state index in [9.17, 15) is 4.79 Å². The number of esters is 1. The number of hydrogen-bond donors (Lipinski definition) is 0. The number of aryl methyl sites for hydroxylation is 1. The number of carbonyl (C=O) groups is 1. The second kappa shape index (κ2) is 7.30. The van der Waals surface area contributed by atoms with E-state index in [2.05, 4.69) is 0 Å². The molecule has 1 aromatic carbocycles. The average Bonchev–Trinajstić information content (AvgIpc) is 2.28. The van der Waals surface area contributed by atoms with Gasteiger partial charge in [0.1, 0.15) is 5.75 Å². The molecule has 0 N–H and O–H groups in total. The fraction of sp³-hybridized carbons (Fsp3) is 0.462. The van der Waals surface area contributed by atoms with Crippen LogP contribution in [0.1, 0.15) is 25.3 Å². The van der Waals surface area contributed by atoms with Crippen LogP contribution in [0.25, 0.3) is 0 Å². The maximum Gasteiger partial charge on any atom is 0.311 e. The number of rotatable bonds is 6. The minimum Gasteiger partial charge on any atom is -0.426 e. The predicted molar refractivity (Wildman–Crippen MR) is 67.6 cm³/mol. The van der Waals surface area contributed by atoms with Crippen molar-refractivity contribution >= 4 is 17.6 Å². The number of benzene rings is 1. The van der Waals surface area contributed by atoms with Crippen LogP contribution < -0.4 is 4.74 Å². The van der Waals surface area contributed by atoms with Crippen molar-refractivity contribution in [2.45, 2.75) is 26.7 Å². The van der Waals surface area contributed by atoms with Crippen LogP contribution >= 0.6 is 11.6 Å². The van der Waals surface area contributed by atoms with Crippen molar-refractivity contribution in [3.05, 3.63) is 28.8 Å². The first-order chi connectivity index (χ1) is 8.13. The lowest BCUT2D eigenvalue weighted by molar-refractivity contribution is -0.134. The van der Waals surface area contributed by atoms with Crippen molar-refractivity contribution in [3.8, 4) is 5.75 Å². The first kappa shape index (κ1) is 14.0. The van der Waals surface area contributed by atoms with Gasteiger partial charge >= 0.3 is 5.97 Å². The van der Waals surface area contributed by atoms with E-state index in [0.717, 1.165) is 5.56 Å². The van der Waals surface area contributed by atoms with Crippen molar-refractivity contribution in [2.75, 3.05) is 13.2 Å². The predicted octanol–water partition coefficient (Wildman–Crippen LogP) is 3.37. The second-order valence-electron chi connectivity index (χ2n) is 3.68. The van der Waals surface area contributed by atoms with Gasteiger partial charge in [0.2, 0.25) is 0 Å². The summed E-state index contributed by atoms with van der Waals surface area (Å²) in [5, 5.41) is 0.638. The van der Waals surface area contributed by atoms with E-state index in [1.54, 1.807) is 18.2 Å². The van der Waals surface area contributed by atoms with Gasteiger partial charge in [-0.15, -0.1) is 0 Å². The van der Waals surface area contributed by atoms with Crippen molar-refractivity contribution in [3.63, 3.8) is 0 Å². The molecule has 0 aliphatic rings. The molecule has 17 heavy (non-hydrogen) atoms. The summed E-state index contributed by atoms with van der Waals surface area (Å²) in [6.07, 6.45) is 1.04. The Morgan fingerprint density at radius 3 is 2.82 bits per heavy atom. The molecule has 0 unspecified atom stereocenters. The highest BCUT2D eigenvalue weighted by Crippen LogP contribution is 2.22. The number of hydrogen-bond acceptors (Lipinski definition) is 3. The number of ether oxygens (including phenoxy) is 2. The minimum absolute atomic E-state index is 0.241. The molecule has 0 aliphatic carbocycles. The molecule has 4 heteroatoms. The number of carbonyl (C=O) groups excluding carboxylic acids is 1. The van der Waals surface area contributed by atoms with Gasteiger partial charge in [-0.05, 0) is 44.0 Å². The zero-order valence-electron chi connectivity index (χ0n) is 10.2. The van der Waals surface area contributed by atoms with Crippen LogP contribution in [-0.2, 0) is 9.53 Å². The van der Waals surface area contributed by atoms with Gasteiger partial charge in [0.15, 0.2) is 0 Å². The molecule has 0 amide bonds. The largest absolute Gasteiger partial charge is 0.426 e. The van der Waals surface area contributed by atoms with Crippen LogP contribution in [0.4, 0.5) is 0 Å². The van der Waals surface area contributed by atoms with E-state index >= 15 is 0 Å². The average molecular weight is 257 g/mol. The molecule has 0 aromatic heterocycles. The summed E-state index contributed by atoms with van der Waals surface area (Å²) in [5.41, 5.74) is 0.857. The Kier molecular flexibility index (Phi) is 6.01. The van der Waals surface area contributed by atoms with Crippen molar-refractivity contribution < 1.29 is 14.3 Å². The number of halogens is 1. The van der Waals surface area contributed by atoms with Crippen molar-refractivity contribution in [1.82, 2.24) is 0 Å². The van der Waals surface area contributed by atoms with E-state index in [-0.39, 0.29) is 5.97 Å². The molecule has 3 nitrogen and oxygen atoms in total. The van der Waals surface area contributed by atoms with E-state index in [1.807, 2.05) is 13.8 Å². The van der Waals surface area contributed by atoms with Gasteiger partial charge in [-0.3, -0.25) is 4.79 Å². The zero-order chi connectivity index (χ0) is 12.7. The van der Waals surface area contributed by atoms with E-state index in [0.29, 0.717) is 36.8 Å². The third kappa shape index (κ3) is 5.20. The quantitative estimate of drug-likeness (QED) is 0.445. The first-order valence-corrected chi connectivity index (χ1v) is 6.06. The van der Waals surface area contributed by atoms with E-state index in [4.69, 9.17) is 21.1 Å². The third-order valence-corrected chi connectivity index (χ3v) is 2.47. The van der Waals surface area contributed by atoms with Crippen LogP contribution in [0, 0.1) is 6.92 Å². The lowest BCUT2D eigenvalue weighted by Gasteiger charge is -2.07. The summed E-state index contributed by atoms with van der Waals surface area (Å²) >= 11 is 5.81. The topological polar surface area (TPSA) is 35.5 Å². The van der Waals surface area contributed by atoms with Gasteiger partial charge in [-0.2, -0.15) is 0 Å². The second-order valence-corrected chi connectivity index (χ2v) is 4.12. The van der Waals surface area contributed by atoms with Crippen LogP contribution in [0.5, 0.6) is 5.75 Å². The monoisotopic (exact) mass is 256 g/mol. The summed E-state index contributed by atoms with van der Waals surface area (Å²) in [5.74, 6) is 0.325. The van der Waals surface area contributed by atoms with Gasteiger partial charge in [-0.25, -0.2) is 0 Å². The Morgan fingerprint density at radius 2 is 2.18 bits per heavy atom. The summed E-state index contributed by atoms with van der Waals surface area (Å²) in [7, 11) is 0. The lowest BCUT2D eigenvalue weighted by atomic mass is 10.2. The Morgan fingerprint density at radius 1 is 1.41 bits per heavy atom. The first-order valence-electron chi connectivity index (χ1n) is 5.68. The molecule has 1 rings (SSSR count). The molecule has 0 fully saturated rings. The Balaban J connectivity index is 2.40. The summed E-state index contributed by atoms with van der Waals surface area (Å²) < 4.78 is 10.4. The fourth-order valence-corrected chi connectivity index (χ4v) is 1.59. The Hall–Kier alpha value is -1.06. The normalized spacial score (nSPS) is 10.3. The molecule has 0 aliphatic heterocycles. The minimum atomic E-state index is -0.241. The van der Waals surface area contributed by atoms with Gasteiger partial charge < -0.3 is 9.47 Å². The van der Waals surface area contributed by atoms with Crippen LogP contribution in [0.15, 0.2) is 18.2 Å². The molecule has 0 atom stereocenters.